The molecule has 0 unspecified atom stereocenters. The highest BCUT2D eigenvalue weighted by atomic mass is 31.2. The average molecular weight is 1590 g/mol. The van der Waals surface area contributed by atoms with Crippen LogP contribution in [0, 0.1) is 0 Å². The largest absolute Gasteiger partial charge is 0.491 e. The lowest BCUT2D eigenvalue weighted by atomic mass is 9.90. The number of benzene rings is 12. The van der Waals surface area contributed by atoms with Gasteiger partial charge < -0.3 is 67.9 Å². The summed E-state index contributed by atoms with van der Waals surface area (Å²) < 4.78 is 104. The molecular formula is C92H84N4O14P4. The molecule has 0 fully saturated rings. The Morgan fingerprint density at radius 1 is 0.228 bits per heavy atom. The number of amides is 4. The van der Waals surface area contributed by atoms with Crippen LogP contribution in [-0.2, 0) is 72.6 Å². The highest BCUT2D eigenvalue weighted by Crippen LogP contribution is 2.49. The molecule has 12 bridgehead atoms. The van der Waals surface area contributed by atoms with Crippen molar-refractivity contribution < 1.29 is 65.9 Å². The van der Waals surface area contributed by atoms with E-state index in [4.69, 9.17) is 28.4 Å². The molecule has 576 valence electrons. The second kappa shape index (κ2) is 35.3. The van der Waals surface area contributed by atoms with E-state index in [9.17, 15) is 0 Å². The third kappa shape index (κ3) is 17.8. The van der Waals surface area contributed by atoms with Gasteiger partial charge in [-0.15, -0.1) is 0 Å². The van der Waals surface area contributed by atoms with Crippen molar-refractivity contribution in [3.05, 3.63) is 336 Å². The van der Waals surface area contributed by atoms with Gasteiger partial charge in [0.25, 0.3) is 0 Å². The number of ether oxygens (including phenoxy) is 6. The topological polar surface area (TPSA) is 240 Å². The summed E-state index contributed by atoms with van der Waals surface area (Å²) in [6, 6.07) is 86.2. The van der Waals surface area contributed by atoms with Gasteiger partial charge in [0.1, 0.15) is 49.4 Å². The summed E-state index contributed by atoms with van der Waals surface area (Å²) in [5.74, 6) is -0.587. The van der Waals surface area contributed by atoms with Crippen molar-refractivity contribution in [2.75, 3.05) is 98.8 Å². The van der Waals surface area contributed by atoms with Gasteiger partial charge in [-0.3, -0.25) is 19.2 Å². The van der Waals surface area contributed by atoms with Crippen LogP contribution in [0.3, 0.4) is 0 Å². The smallest absolute Gasteiger partial charge is 0.232 e. The lowest BCUT2D eigenvalue weighted by Crippen LogP contribution is -2.26. The maximum Gasteiger partial charge on any atom is 0.232 e. The number of carbonyl (C=O) groups is 4. The summed E-state index contributed by atoms with van der Waals surface area (Å²) in [6.07, 6.45) is -1.63. The molecule has 18 nitrogen and oxygen atoms in total. The van der Waals surface area contributed by atoms with Gasteiger partial charge in [-0.2, -0.15) is 0 Å². The fourth-order valence-corrected chi connectivity index (χ4v) is 25.0. The summed E-state index contributed by atoms with van der Waals surface area (Å²) in [5, 5.41) is 16.8. The van der Waals surface area contributed by atoms with Crippen molar-refractivity contribution in [1.29, 1.82) is 0 Å². The molecule has 12 aromatic carbocycles. The predicted molar refractivity (Wildman–Crippen MR) is 454 cm³/mol. The van der Waals surface area contributed by atoms with Crippen molar-refractivity contribution >= 4 is 117 Å². The second-order valence-electron chi connectivity index (χ2n) is 28.3. The molecule has 15 rings (SSSR count). The molecule has 2 aliphatic heterocycles. The van der Waals surface area contributed by atoms with E-state index in [0.29, 0.717) is 133 Å². The zero-order chi connectivity index (χ0) is 78.5. The summed E-state index contributed by atoms with van der Waals surface area (Å²) in [6.45, 7) is 0.710. The maximum atomic E-state index is 15.7. The molecule has 0 aromatic heterocycles. The van der Waals surface area contributed by atoms with Crippen LogP contribution in [0.5, 0.6) is 23.0 Å². The summed E-state index contributed by atoms with van der Waals surface area (Å²) in [5.41, 5.74) is 5.51. The molecule has 2 heterocycles. The quantitative estimate of drug-likeness (QED) is 0.0519. The Labute approximate surface area is 662 Å². The molecule has 4 N–H and O–H groups in total. The zero-order valence-corrected chi connectivity index (χ0v) is 66.1. The minimum Gasteiger partial charge on any atom is -0.491 e. The first-order valence-corrected chi connectivity index (χ1v) is 45.4. The molecule has 0 saturated carbocycles. The molecule has 114 heavy (non-hydrogen) atoms. The van der Waals surface area contributed by atoms with E-state index in [-0.39, 0.29) is 78.5 Å². The fourth-order valence-electron chi connectivity index (χ4n) is 15.2. The Hall–Kier alpha value is -11.4. The van der Waals surface area contributed by atoms with Gasteiger partial charge in [0.15, 0.2) is 28.6 Å². The van der Waals surface area contributed by atoms with Crippen molar-refractivity contribution in [2.45, 2.75) is 25.7 Å². The highest BCUT2D eigenvalue weighted by Gasteiger charge is 2.36. The van der Waals surface area contributed by atoms with Gasteiger partial charge in [-0.05, 0) is 48.5 Å². The lowest BCUT2D eigenvalue weighted by molar-refractivity contribution is -0.114. The monoisotopic (exact) mass is 1590 g/mol. The van der Waals surface area contributed by atoms with Crippen LogP contribution >= 0.6 is 28.6 Å². The number of rotatable bonds is 20. The molecule has 0 saturated heterocycles. The van der Waals surface area contributed by atoms with Crippen LogP contribution in [0.25, 0.3) is 0 Å². The Morgan fingerprint density at radius 3 is 0.526 bits per heavy atom. The predicted octanol–water partition coefficient (Wildman–Crippen LogP) is 13.7. The molecular weight excluding hydrogens is 1510 g/mol. The normalized spacial score (nSPS) is 13.8. The van der Waals surface area contributed by atoms with E-state index < -0.39 is 76.8 Å². The van der Waals surface area contributed by atoms with Crippen molar-refractivity contribution in [3.63, 3.8) is 0 Å². The third-order valence-electron chi connectivity index (χ3n) is 20.4. The van der Waals surface area contributed by atoms with Gasteiger partial charge >= 0.3 is 0 Å². The minimum absolute atomic E-state index is 0.0104. The Kier molecular flexibility index (Phi) is 24.1. The van der Waals surface area contributed by atoms with Gasteiger partial charge in [0, 0.05) is 135 Å². The van der Waals surface area contributed by atoms with Gasteiger partial charge in [-0.1, -0.05) is 243 Å². The molecule has 0 radical (unpaired) electrons. The Balaban J connectivity index is 0.935. The number of anilines is 4. The number of hydrogen-bond acceptors (Lipinski definition) is 14. The van der Waals surface area contributed by atoms with Crippen LogP contribution in [-0.4, -0.2) is 101 Å². The highest BCUT2D eigenvalue weighted by molar-refractivity contribution is 7.80. The first kappa shape index (κ1) is 77.9. The van der Waals surface area contributed by atoms with Gasteiger partial charge in [-0.25, -0.2) is 0 Å². The van der Waals surface area contributed by atoms with E-state index in [0.717, 1.165) is 0 Å². The van der Waals surface area contributed by atoms with Gasteiger partial charge in [0.2, 0.25) is 23.6 Å². The van der Waals surface area contributed by atoms with Crippen LogP contribution in [0.15, 0.2) is 291 Å². The first-order valence-electron chi connectivity index (χ1n) is 37.9. The van der Waals surface area contributed by atoms with E-state index in [1.807, 2.05) is 97.1 Å². The summed E-state index contributed by atoms with van der Waals surface area (Å²) >= 11 is 0. The average Bonchev–Trinajstić information content (AvgIpc) is 0.738. The van der Waals surface area contributed by atoms with E-state index in [1.54, 1.807) is 194 Å². The van der Waals surface area contributed by atoms with Crippen LogP contribution in [0.2, 0.25) is 0 Å². The molecule has 3 aliphatic rings. The Bertz CT molecular complexity index is 4830. The van der Waals surface area contributed by atoms with Crippen LogP contribution < -0.4 is 82.7 Å². The molecule has 1 aliphatic carbocycles. The SMILES string of the molecule is O=C(CP(=O)(c1ccccc1)c1ccccc1)Nc1cc2c3c(c1)Cc1cc(NC(=O)CP(=O)(c4ccccc4)c4ccccc4)cc4c1OCCOCCOc1c(cc(NC(=O)CP(=O)(c5ccccc5)c5ccccc5)cc1Cc1cc(NC(=O)CP(=O)(c5ccccc5)c5ccccc5)cc(c1OCCOCCO3)C2)C4. The van der Waals surface area contributed by atoms with Crippen LogP contribution in [0.4, 0.5) is 22.7 Å². The van der Waals surface area contributed by atoms with Crippen molar-refractivity contribution in [2.24, 2.45) is 0 Å². The molecule has 22 heteroatoms. The van der Waals surface area contributed by atoms with Crippen molar-refractivity contribution in [1.82, 2.24) is 0 Å². The van der Waals surface area contributed by atoms with Gasteiger partial charge in [0.05, 0.1) is 51.1 Å². The number of carbonyl (C=O) groups excluding carboxylic acids is 4. The second-order valence-corrected chi connectivity index (χ2v) is 39.6. The van der Waals surface area contributed by atoms with E-state index in [1.165, 1.54) is 0 Å². The summed E-state index contributed by atoms with van der Waals surface area (Å²) in [7, 11) is -14.6. The van der Waals surface area contributed by atoms with Crippen LogP contribution in [0.1, 0.15) is 44.5 Å². The summed E-state index contributed by atoms with van der Waals surface area (Å²) in [4.78, 5) is 60.9. The maximum absolute atomic E-state index is 15.7. The minimum atomic E-state index is -3.66. The molecule has 0 spiro atoms. The standard InChI is InChI=1S/C92H84N4O14P4/c97-85(61-111(101,77-25-9-1-10-26-77)78-27-11-2-12-28-78)93-73-53-65-49-66-54-74(94-86(98)62-112(102,79-29-13-3-14-30-79)80-31-15-4-16-32-80)59-71-52-72-60-76(96-88(100)64-114(104,83-37-21-7-22-38-83)84-39-23-8-24-40-84)56-68-50-67-55-75(95-87(99)63-113(103,81-33-17-5-18-34-81)82-35-19-6-20-36-82)58-70(91(67)109-47-43-106-44-48-110-92(68)72)51-69(57-73)89(65)107-45-41-105-42-46-108-90(66)71/h1-40,53-60H,41-52,61-64H2,(H,93,97)(H,94,98)(H,95,99)(H,96,100). The zero-order valence-electron chi connectivity index (χ0n) is 62.5. The molecule has 4 amide bonds. The van der Waals surface area contributed by atoms with Crippen molar-refractivity contribution in [3.8, 4) is 23.0 Å². The molecule has 0 atom stereocenters. The van der Waals surface area contributed by atoms with E-state index >= 15 is 37.4 Å². The third-order valence-corrected chi connectivity index (χ3v) is 32.4. The Morgan fingerprint density at radius 2 is 0.377 bits per heavy atom. The lowest BCUT2D eigenvalue weighted by Gasteiger charge is -2.26. The first-order chi connectivity index (χ1) is 55.6. The fraction of sp³-hybridized carbons (Fsp3) is 0.174. The van der Waals surface area contributed by atoms with E-state index in [2.05, 4.69) is 21.3 Å². The number of nitrogens with one attached hydrogen (secondary N) is 4. The number of hydrogen-bond donors (Lipinski definition) is 4. The molecule has 12 aromatic rings.